The van der Waals surface area contributed by atoms with Crippen molar-refractivity contribution in [2.75, 3.05) is 13.1 Å². The summed E-state index contributed by atoms with van der Waals surface area (Å²) in [6.07, 6.45) is 7.09. The van der Waals surface area contributed by atoms with Gasteiger partial charge in [-0.1, -0.05) is 31.2 Å². The molecule has 2 heterocycles. The molecule has 3 aliphatic carbocycles. The first-order valence-corrected chi connectivity index (χ1v) is 10.6. The monoisotopic (exact) mass is 364 g/mol. The van der Waals surface area contributed by atoms with Gasteiger partial charge in [-0.15, -0.1) is 0 Å². The van der Waals surface area contributed by atoms with E-state index in [1.54, 1.807) is 0 Å². The second-order valence-electron chi connectivity index (χ2n) is 10.3. The van der Waals surface area contributed by atoms with Crippen LogP contribution < -0.4 is 5.32 Å². The van der Waals surface area contributed by atoms with Crippen molar-refractivity contribution < 1.29 is 9.59 Å². The van der Waals surface area contributed by atoms with Crippen molar-refractivity contribution in [1.82, 2.24) is 10.2 Å². The second kappa shape index (κ2) is 4.95. The molecule has 2 amide bonds. The van der Waals surface area contributed by atoms with Crippen LogP contribution in [0.15, 0.2) is 24.3 Å². The molecule has 1 aromatic rings. The second-order valence-corrected chi connectivity index (χ2v) is 10.3. The van der Waals surface area contributed by atoms with Gasteiger partial charge in [0, 0.05) is 36.4 Å². The van der Waals surface area contributed by atoms with Crippen molar-refractivity contribution >= 4 is 11.8 Å². The highest BCUT2D eigenvalue weighted by Gasteiger charge is 2.63. The first kappa shape index (κ1) is 16.1. The lowest BCUT2D eigenvalue weighted by atomic mass is 9.67. The minimum Gasteiger partial charge on any atom is -0.351 e. The fourth-order valence-electron chi connectivity index (χ4n) is 6.17. The Morgan fingerprint density at radius 2 is 1.78 bits per heavy atom. The minimum atomic E-state index is -0.0491. The highest BCUT2D eigenvalue weighted by molar-refractivity contribution is 5.84. The maximum atomic E-state index is 13.0. The number of fused-ring (bicyclic) bond motifs is 1. The number of piperidine rings is 1. The van der Waals surface area contributed by atoms with E-state index in [1.165, 1.54) is 30.4 Å². The van der Waals surface area contributed by atoms with Gasteiger partial charge in [-0.3, -0.25) is 9.59 Å². The third-order valence-electron chi connectivity index (χ3n) is 8.47. The number of hydrogen-bond donors (Lipinski definition) is 1. The van der Waals surface area contributed by atoms with Crippen molar-refractivity contribution in [3.05, 3.63) is 35.4 Å². The van der Waals surface area contributed by atoms with E-state index < -0.39 is 0 Å². The Morgan fingerprint density at radius 1 is 1.07 bits per heavy atom. The molecule has 2 aliphatic heterocycles. The molecule has 1 unspecified atom stereocenters. The number of nitrogens with zero attached hydrogens (tertiary/aromatic N) is 1. The molecule has 5 aliphatic rings. The van der Waals surface area contributed by atoms with Gasteiger partial charge in [0.25, 0.3) is 0 Å². The number of benzene rings is 1. The highest BCUT2D eigenvalue weighted by Crippen LogP contribution is 2.60. The highest BCUT2D eigenvalue weighted by atomic mass is 16.2. The first-order chi connectivity index (χ1) is 12.9. The number of carbonyl (C=O) groups is 2. The smallest absolute Gasteiger partial charge is 0.225 e. The zero-order chi connectivity index (χ0) is 18.4. The van der Waals surface area contributed by atoms with E-state index in [9.17, 15) is 9.59 Å². The maximum Gasteiger partial charge on any atom is 0.225 e. The number of rotatable bonds is 3. The molecule has 0 bridgehead atoms. The fourth-order valence-corrected chi connectivity index (χ4v) is 6.17. The van der Waals surface area contributed by atoms with Crippen molar-refractivity contribution in [2.24, 2.45) is 11.8 Å². The van der Waals surface area contributed by atoms with Crippen LogP contribution in [-0.2, 0) is 20.4 Å². The molecule has 0 aromatic heterocycles. The summed E-state index contributed by atoms with van der Waals surface area (Å²) in [5.41, 5.74) is 3.51. The normalized spacial score (nSPS) is 40.5. The van der Waals surface area contributed by atoms with Crippen LogP contribution in [0.5, 0.6) is 0 Å². The summed E-state index contributed by atoms with van der Waals surface area (Å²) in [4.78, 5) is 26.6. The van der Waals surface area contributed by atoms with Crippen molar-refractivity contribution in [3.8, 4) is 0 Å². The Morgan fingerprint density at radius 3 is 2.41 bits per heavy atom. The van der Waals surface area contributed by atoms with E-state index >= 15 is 0 Å². The molecular formula is C23H28N2O2. The van der Waals surface area contributed by atoms with E-state index in [4.69, 9.17) is 0 Å². The van der Waals surface area contributed by atoms with Crippen molar-refractivity contribution in [2.45, 2.75) is 68.2 Å². The van der Waals surface area contributed by atoms with Crippen LogP contribution in [0, 0.1) is 11.8 Å². The van der Waals surface area contributed by atoms with Gasteiger partial charge in [0.05, 0.1) is 0 Å². The molecule has 4 heteroatoms. The van der Waals surface area contributed by atoms with E-state index in [0.717, 1.165) is 32.4 Å². The largest absolute Gasteiger partial charge is 0.351 e. The standard InChI is InChI=1S/C23H28N2O2/c1-21(8-9-21)16-2-4-17(5-3-16)23-12-18(23)13-25(14-23)20(27)15-10-22(11-15)7-6-19(26)24-22/h2-5,15,18H,6-14H2,1H3,(H,24,26)/t15?,18?,22?,23-/m0/s1. The number of carbonyl (C=O) groups excluding carboxylic acids is 2. The van der Waals surface area contributed by atoms with E-state index in [0.29, 0.717) is 23.7 Å². The van der Waals surface area contributed by atoms with E-state index in [1.807, 2.05) is 0 Å². The SMILES string of the molecule is CC1(c2ccc([C@@]34CC3CN(C(=O)C3CC5(CCC(=O)N5)C3)C4)cc2)CC1. The molecule has 2 atom stereocenters. The lowest BCUT2D eigenvalue weighted by Gasteiger charge is -2.45. The summed E-state index contributed by atoms with van der Waals surface area (Å²) >= 11 is 0. The quantitative estimate of drug-likeness (QED) is 0.897. The van der Waals surface area contributed by atoms with Crippen LogP contribution in [0.25, 0.3) is 0 Å². The van der Waals surface area contributed by atoms with E-state index in [-0.39, 0.29) is 22.8 Å². The molecule has 1 aromatic carbocycles. The molecule has 1 spiro atoms. The first-order valence-electron chi connectivity index (χ1n) is 10.6. The minimum absolute atomic E-state index is 0.0491. The summed E-state index contributed by atoms with van der Waals surface area (Å²) in [7, 11) is 0. The average molecular weight is 364 g/mol. The van der Waals surface area contributed by atoms with Gasteiger partial charge in [0.1, 0.15) is 0 Å². The van der Waals surface area contributed by atoms with Gasteiger partial charge in [0.15, 0.2) is 0 Å². The fraction of sp³-hybridized carbons (Fsp3) is 0.652. The van der Waals surface area contributed by atoms with Gasteiger partial charge >= 0.3 is 0 Å². The molecule has 6 rings (SSSR count). The molecule has 5 fully saturated rings. The molecular weight excluding hydrogens is 336 g/mol. The van der Waals surface area contributed by atoms with Crippen LogP contribution in [0.1, 0.15) is 63.0 Å². The van der Waals surface area contributed by atoms with Crippen LogP contribution in [0.4, 0.5) is 0 Å². The van der Waals surface area contributed by atoms with Gasteiger partial charge in [0.2, 0.25) is 11.8 Å². The van der Waals surface area contributed by atoms with Gasteiger partial charge < -0.3 is 10.2 Å². The maximum absolute atomic E-state index is 13.0. The van der Waals surface area contributed by atoms with Gasteiger partial charge in [-0.25, -0.2) is 0 Å². The predicted octanol–water partition coefficient (Wildman–Crippen LogP) is 2.90. The molecule has 4 nitrogen and oxygen atoms in total. The molecule has 0 radical (unpaired) electrons. The number of amides is 2. The third-order valence-corrected chi connectivity index (χ3v) is 8.47. The summed E-state index contributed by atoms with van der Waals surface area (Å²) in [5, 5.41) is 3.11. The van der Waals surface area contributed by atoms with Gasteiger partial charge in [-0.2, -0.15) is 0 Å². The zero-order valence-corrected chi connectivity index (χ0v) is 16.1. The molecule has 2 saturated heterocycles. The van der Waals surface area contributed by atoms with Crippen molar-refractivity contribution in [3.63, 3.8) is 0 Å². The van der Waals surface area contributed by atoms with Crippen LogP contribution in [0.2, 0.25) is 0 Å². The average Bonchev–Trinajstić information content (AvgIpc) is 3.46. The summed E-state index contributed by atoms with van der Waals surface area (Å²) < 4.78 is 0. The number of hydrogen-bond acceptors (Lipinski definition) is 2. The Bertz CT molecular complexity index is 834. The molecule has 3 saturated carbocycles. The topological polar surface area (TPSA) is 49.4 Å². The number of likely N-dealkylation sites (tertiary alicyclic amines) is 1. The lowest BCUT2D eigenvalue weighted by Crippen LogP contribution is -2.56. The van der Waals surface area contributed by atoms with E-state index in [2.05, 4.69) is 41.4 Å². The Hall–Kier alpha value is -1.84. The molecule has 142 valence electrons. The van der Waals surface area contributed by atoms with Crippen LogP contribution in [-0.4, -0.2) is 35.3 Å². The Labute approximate surface area is 160 Å². The summed E-state index contributed by atoms with van der Waals surface area (Å²) in [5.74, 6) is 1.25. The third kappa shape index (κ3) is 2.28. The molecule has 27 heavy (non-hydrogen) atoms. The summed E-state index contributed by atoms with van der Waals surface area (Å²) in [6.45, 7) is 4.17. The predicted molar refractivity (Wildman–Crippen MR) is 102 cm³/mol. The summed E-state index contributed by atoms with van der Waals surface area (Å²) in [6, 6.07) is 9.32. The lowest BCUT2D eigenvalue weighted by molar-refractivity contribution is -0.141. The van der Waals surface area contributed by atoms with Gasteiger partial charge in [-0.05, 0) is 61.0 Å². The Balaban J connectivity index is 1.13. The Kier molecular flexibility index (Phi) is 2.96. The zero-order valence-electron chi connectivity index (χ0n) is 16.1. The van der Waals surface area contributed by atoms with Crippen LogP contribution >= 0.6 is 0 Å². The van der Waals surface area contributed by atoms with Crippen LogP contribution in [0.3, 0.4) is 0 Å². The van der Waals surface area contributed by atoms with Crippen molar-refractivity contribution in [1.29, 1.82) is 0 Å². The number of nitrogens with one attached hydrogen (secondary N) is 1. The molecule has 1 N–H and O–H groups in total.